The van der Waals surface area contributed by atoms with Gasteiger partial charge in [0.25, 0.3) is 5.91 Å². The first kappa shape index (κ1) is 19.0. The van der Waals surface area contributed by atoms with Crippen LogP contribution in [0.4, 0.5) is 0 Å². The summed E-state index contributed by atoms with van der Waals surface area (Å²) in [7, 11) is 3.41. The Labute approximate surface area is 162 Å². The van der Waals surface area contributed by atoms with Crippen LogP contribution >= 0.6 is 11.8 Å². The van der Waals surface area contributed by atoms with Crippen molar-refractivity contribution >= 4 is 34.9 Å². The van der Waals surface area contributed by atoms with Crippen molar-refractivity contribution in [1.29, 1.82) is 0 Å². The van der Waals surface area contributed by atoms with Crippen LogP contribution in [0, 0.1) is 13.8 Å². The molecule has 1 aliphatic heterocycles. The molecular weight excluding hydrogens is 362 g/mol. The Morgan fingerprint density at radius 1 is 1.22 bits per heavy atom. The van der Waals surface area contributed by atoms with Gasteiger partial charge in [-0.3, -0.25) is 19.5 Å². The molecule has 0 N–H and O–H groups in total. The van der Waals surface area contributed by atoms with E-state index in [0.29, 0.717) is 15.8 Å². The number of thioether (sulfide) groups is 1. The Bertz CT molecular complexity index is 971. The third-order valence-corrected chi connectivity index (χ3v) is 5.46. The quantitative estimate of drug-likeness (QED) is 0.462. The summed E-state index contributed by atoms with van der Waals surface area (Å²) < 4.78 is 7.19. The molecule has 1 saturated heterocycles. The average molecular weight is 383 g/mol. The van der Waals surface area contributed by atoms with Crippen LogP contribution in [0.2, 0.25) is 0 Å². The minimum absolute atomic E-state index is 0.0452. The lowest BCUT2D eigenvalue weighted by atomic mass is 10.2. The number of hydrogen-bond donors (Lipinski definition) is 0. The molecule has 0 radical (unpaired) electrons. The molecule has 0 saturated carbocycles. The van der Waals surface area contributed by atoms with E-state index in [2.05, 4.69) is 15.6 Å². The predicted molar refractivity (Wildman–Crippen MR) is 108 cm³/mol. The first-order chi connectivity index (χ1) is 12.8. The van der Waals surface area contributed by atoms with Gasteiger partial charge in [-0.15, -0.1) is 0 Å². The number of amides is 1. The number of benzene rings is 1. The highest BCUT2D eigenvalue weighted by Crippen LogP contribution is 2.33. The van der Waals surface area contributed by atoms with Crippen LogP contribution in [0.5, 0.6) is 5.75 Å². The van der Waals surface area contributed by atoms with E-state index in [-0.39, 0.29) is 11.9 Å². The molecule has 7 heteroatoms. The second-order valence-corrected chi connectivity index (χ2v) is 7.24. The summed E-state index contributed by atoms with van der Waals surface area (Å²) in [6.45, 7) is 5.41. The highest BCUT2D eigenvalue weighted by atomic mass is 32.2. The van der Waals surface area contributed by atoms with Crippen molar-refractivity contribution in [3.05, 3.63) is 52.2 Å². The van der Waals surface area contributed by atoms with E-state index >= 15 is 0 Å². The summed E-state index contributed by atoms with van der Waals surface area (Å²) in [5.74, 6) is 0.123. The van der Waals surface area contributed by atoms with Gasteiger partial charge in [-0.1, -0.05) is 0 Å². The predicted octanol–water partition coefficient (Wildman–Crippen LogP) is 3.55. The molecule has 0 aliphatic carbocycles. The average Bonchev–Trinajstić information content (AvgIpc) is 3.05. The number of carbonyl (C=O) groups excluding carboxylic acids is 2. The smallest absolute Gasteiger partial charge is 0.308 e. The first-order valence-electron chi connectivity index (χ1n) is 8.44. The number of aryl methyl sites for hydroxylation is 1. The highest BCUT2D eigenvalue weighted by molar-refractivity contribution is 8.18. The Morgan fingerprint density at radius 2 is 1.89 bits per heavy atom. The Morgan fingerprint density at radius 3 is 2.44 bits per heavy atom. The van der Waals surface area contributed by atoms with Crippen LogP contribution in [0.1, 0.15) is 23.9 Å². The molecule has 1 aromatic carbocycles. The third kappa shape index (κ3) is 3.68. The molecule has 3 rings (SSSR count). The maximum absolute atomic E-state index is 12.4. The van der Waals surface area contributed by atoms with Gasteiger partial charge in [0, 0.05) is 38.1 Å². The van der Waals surface area contributed by atoms with Gasteiger partial charge in [0.2, 0.25) is 0 Å². The number of likely N-dealkylation sites (N-methyl/N-ethyl adjacent to an activating group) is 1. The third-order valence-electron chi connectivity index (χ3n) is 4.31. The van der Waals surface area contributed by atoms with Crippen molar-refractivity contribution < 1.29 is 14.3 Å². The van der Waals surface area contributed by atoms with Crippen molar-refractivity contribution in [3.63, 3.8) is 0 Å². The zero-order valence-electron chi connectivity index (χ0n) is 15.9. The first-order valence-corrected chi connectivity index (χ1v) is 9.25. The van der Waals surface area contributed by atoms with Crippen molar-refractivity contribution in [2.45, 2.75) is 20.8 Å². The zero-order chi connectivity index (χ0) is 19.7. The van der Waals surface area contributed by atoms with Crippen molar-refractivity contribution in [1.82, 2.24) is 9.47 Å². The number of esters is 1. The number of aromatic nitrogens is 1. The number of ether oxygens (including phenoxy) is 1. The summed E-state index contributed by atoms with van der Waals surface area (Å²) >= 11 is 1.38. The molecular formula is C20H21N3O3S. The maximum Gasteiger partial charge on any atom is 0.308 e. The molecule has 1 aromatic heterocycles. The van der Waals surface area contributed by atoms with Gasteiger partial charge in [-0.05, 0) is 67.6 Å². The number of nitrogens with zero attached hydrogens (tertiary/aromatic N) is 3. The summed E-state index contributed by atoms with van der Waals surface area (Å²) in [6, 6.07) is 9.39. The SMILES string of the molecule is CN=C1S/C(=C\c2cc(C)n(-c3ccc(OC(C)=O)cc3)c2C)C(=O)N1C. The van der Waals surface area contributed by atoms with E-state index in [0.717, 1.165) is 22.6 Å². The van der Waals surface area contributed by atoms with Crippen LogP contribution in [0.15, 0.2) is 40.2 Å². The molecule has 0 unspecified atom stereocenters. The summed E-state index contributed by atoms with van der Waals surface area (Å²) in [5.41, 5.74) is 4.02. The largest absolute Gasteiger partial charge is 0.427 e. The fourth-order valence-electron chi connectivity index (χ4n) is 3.05. The summed E-state index contributed by atoms with van der Waals surface area (Å²) in [4.78, 5) is 29.8. The van der Waals surface area contributed by atoms with E-state index in [1.165, 1.54) is 18.7 Å². The monoisotopic (exact) mass is 383 g/mol. The van der Waals surface area contributed by atoms with Crippen molar-refractivity contribution in [3.8, 4) is 11.4 Å². The second-order valence-electron chi connectivity index (χ2n) is 6.23. The van der Waals surface area contributed by atoms with Crippen LogP contribution in [-0.4, -0.2) is 40.6 Å². The van der Waals surface area contributed by atoms with Crippen molar-refractivity contribution in [2.24, 2.45) is 4.99 Å². The van der Waals surface area contributed by atoms with Gasteiger partial charge >= 0.3 is 5.97 Å². The van der Waals surface area contributed by atoms with E-state index < -0.39 is 0 Å². The number of amidine groups is 1. The van der Waals surface area contributed by atoms with Crippen LogP contribution in [0.3, 0.4) is 0 Å². The molecule has 1 amide bonds. The van der Waals surface area contributed by atoms with Crippen LogP contribution in [0.25, 0.3) is 11.8 Å². The van der Waals surface area contributed by atoms with Gasteiger partial charge in [0.1, 0.15) is 5.75 Å². The maximum atomic E-state index is 12.4. The number of hydrogen-bond acceptors (Lipinski definition) is 5. The molecule has 2 aromatic rings. The molecule has 0 bridgehead atoms. The van der Waals surface area contributed by atoms with Crippen molar-refractivity contribution in [2.75, 3.05) is 14.1 Å². The fraction of sp³-hybridized carbons (Fsp3) is 0.250. The highest BCUT2D eigenvalue weighted by Gasteiger charge is 2.30. The lowest BCUT2D eigenvalue weighted by Crippen LogP contribution is -2.23. The Hall–Kier alpha value is -2.80. The van der Waals surface area contributed by atoms with Gasteiger partial charge in [-0.25, -0.2) is 0 Å². The van der Waals surface area contributed by atoms with E-state index in [9.17, 15) is 9.59 Å². The molecule has 0 atom stereocenters. The van der Waals surface area contributed by atoms with Gasteiger partial charge < -0.3 is 9.30 Å². The summed E-state index contributed by atoms with van der Waals surface area (Å²) in [6.07, 6.45) is 1.91. The number of rotatable bonds is 3. The second kappa shape index (κ2) is 7.44. The molecule has 27 heavy (non-hydrogen) atoms. The van der Waals surface area contributed by atoms with Crippen LogP contribution in [-0.2, 0) is 9.59 Å². The Balaban J connectivity index is 1.95. The van der Waals surface area contributed by atoms with Gasteiger partial charge in [-0.2, -0.15) is 0 Å². The molecule has 1 fully saturated rings. The Kier molecular flexibility index (Phi) is 5.23. The van der Waals surface area contributed by atoms with Crippen LogP contribution < -0.4 is 4.74 Å². The molecule has 6 nitrogen and oxygen atoms in total. The van der Waals surface area contributed by atoms with E-state index in [4.69, 9.17) is 4.74 Å². The normalized spacial score (nSPS) is 17.2. The van der Waals surface area contributed by atoms with Gasteiger partial charge in [0.05, 0.1) is 4.91 Å². The topological polar surface area (TPSA) is 63.9 Å². The lowest BCUT2D eigenvalue weighted by molar-refractivity contribution is -0.131. The van der Waals surface area contributed by atoms with Gasteiger partial charge in [0.15, 0.2) is 5.17 Å². The standard InChI is InChI=1S/C20H21N3O3S/c1-12-10-15(11-18-19(25)22(5)20(21-4)27-18)13(2)23(12)16-6-8-17(9-7-16)26-14(3)24/h6-11H,1-5H3/b18-11-,21-20?. The summed E-state index contributed by atoms with van der Waals surface area (Å²) in [5, 5.41) is 0.695. The van der Waals surface area contributed by atoms with E-state index in [1.807, 2.05) is 32.1 Å². The fourth-order valence-corrected chi connectivity index (χ4v) is 3.97. The molecule has 1 aliphatic rings. The lowest BCUT2D eigenvalue weighted by Gasteiger charge is -2.10. The van der Waals surface area contributed by atoms with E-state index in [1.54, 1.807) is 31.1 Å². The number of aliphatic imine (C=N–C) groups is 1. The minimum atomic E-state index is -0.344. The zero-order valence-corrected chi connectivity index (χ0v) is 16.8. The minimum Gasteiger partial charge on any atom is -0.427 e. The molecule has 140 valence electrons. The molecule has 0 spiro atoms. The molecule has 2 heterocycles. The number of carbonyl (C=O) groups is 2.